The van der Waals surface area contributed by atoms with Crippen molar-refractivity contribution < 1.29 is 4.79 Å². The summed E-state index contributed by atoms with van der Waals surface area (Å²) in [6.45, 7) is 8.33. The van der Waals surface area contributed by atoms with Crippen LogP contribution in [0.2, 0.25) is 0 Å². The van der Waals surface area contributed by atoms with E-state index >= 15 is 0 Å². The second-order valence-corrected chi connectivity index (χ2v) is 6.41. The average molecular weight is 349 g/mol. The number of rotatable bonds is 4. The van der Waals surface area contributed by atoms with Crippen molar-refractivity contribution in [2.24, 2.45) is 0 Å². The summed E-state index contributed by atoms with van der Waals surface area (Å²) in [5.74, 6) is 1.62. The molecule has 1 aromatic carbocycles. The minimum Gasteiger partial charge on any atom is -0.334 e. The molecular weight excluding hydrogens is 326 g/mol. The first-order valence-corrected chi connectivity index (χ1v) is 8.52. The van der Waals surface area contributed by atoms with Gasteiger partial charge in [-0.15, -0.1) is 0 Å². The fourth-order valence-electron chi connectivity index (χ4n) is 3.10. The van der Waals surface area contributed by atoms with Crippen LogP contribution in [0.4, 0.5) is 10.5 Å². The Bertz CT molecular complexity index is 922. The van der Waals surface area contributed by atoms with Gasteiger partial charge < -0.3 is 10.6 Å². The molecule has 134 valence electrons. The van der Waals surface area contributed by atoms with E-state index in [1.54, 1.807) is 12.4 Å². The Morgan fingerprint density at radius 1 is 1.08 bits per heavy atom. The first-order chi connectivity index (χ1) is 12.5. The minimum atomic E-state index is -0.239. The molecule has 0 unspecified atom stereocenters. The molecule has 0 aliphatic carbocycles. The van der Waals surface area contributed by atoms with Gasteiger partial charge in [-0.25, -0.2) is 14.8 Å². The maximum atomic E-state index is 12.4. The lowest BCUT2D eigenvalue weighted by molar-refractivity contribution is 0.251. The summed E-state index contributed by atoms with van der Waals surface area (Å²) in [6, 6.07) is 7.69. The van der Waals surface area contributed by atoms with Crippen molar-refractivity contribution in [3.8, 4) is 5.82 Å². The lowest BCUT2D eigenvalue weighted by Crippen LogP contribution is -2.29. The molecule has 3 rings (SSSR count). The number of imidazole rings is 1. The van der Waals surface area contributed by atoms with Crippen LogP contribution in [0.15, 0.2) is 42.9 Å². The highest BCUT2D eigenvalue weighted by molar-refractivity contribution is 5.91. The summed E-state index contributed by atoms with van der Waals surface area (Å²) in [5, 5.41) is 5.87. The molecule has 2 amide bonds. The van der Waals surface area contributed by atoms with Gasteiger partial charge in [0.05, 0.1) is 0 Å². The van der Waals surface area contributed by atoms with Gasteiger partial charge in [0.2, 0.25) is 0 Å². The van der Waals surface area contributed by atoms with Gasteiger partial charge in [0, 0.05) is 36.4 Å². The topological polar surface area (TPSA) is 71.8 Å². The maximum Gasteiger partial charge on any atom is 0.319 e. The molecule has 6 heteroatoms. The Hall–Kier alpha value is -3.15. The summed E-state index contributed by atoms with van der Waals surface area (Å²) < 4.78 is 1.91. The Kier molecular flexibility index (Phi) is 5.02. The second-order valence-electron chi connectivity index (χ2n) is 6.41. The molecule has 3 aromatic rings. The third-order valence-electron chi connectivity index (χ3n) is 4.28. The summed E-state index contributed by atoms with van der Waals surface area (Å²) in [7, 11) is 0. The Morgan fingerprint density at radius 3 is 2.46 bits per heavy atom. The van der Waals surface area contributed by atoms with Crippen LogP contribution in [0, 0.1) is 27.7 Å². The van der Waals surface area contributed by atoms with E-state index in [0.717, 1.165) is 34.0 Å². The normalized spacial score (nSPS) is 10.6. The number of hydrogen-bond donors (Lipinski definition) is 2. The van der Waals surface area contributed by atoms with Crippen molar-refractivity contribution in [2.45, 2.75) is 34.2 Å². The van der Waals surface area contributed by atoms with Crippen molar-refractivity contribution in [3.63, 3.8) is 0 Å². The van der Waals surface area contributed by atoms with E-state index in [1.807, 2.05) is 50.6 Å². The van der Waals surface area contributed by atoms with E-state index in [1.165, 1.54) is 5.56 Å². The molecular formula is C20H23N5O. The number of amides is 2. The van der Waals surface area contributed by atoms with E-state index in [-0.39, 0.29) is 6.03 Å². The van der Waals surface area contributed by atoms with Crippen molar-refractivity contribution in [1.29, 1.82) is 0 Å². The number of carbonyl (C=O) groups excluding carboxylic acids is 1. The predicted octanol–water partition coefficient (Wildman–Crippen LogP) is 3.82. The quantitative estimate of drug-likeness (QED) is 0.752. The van der Waals surface area contributed by atoms with Gasteiger partial charge in [0.25, 0.3) is 0 Å². The first-order valence-electron chi connectivity index (χ1n) is 8.52. The van der Waals surface area contributed by atoms with Crippen LogP contribution in [0.5, 0.6) is 0 Å². The number of nitrogens with zero attached hydrogens (tertiary/aromatic N) is 3. The van der Waals surface area contributed by atoms with Crippen molar-refractivity contribution in [3.05, 3.63) is 70.9 Å². The van der Waals surface area contributed by atoms with Crippen molar-refractivity contribution in [1.82, 2.24) is 19.9 Å². The van der Waals surface area contributed by atoms with Crippen LogP contribution in [-0.4, -0.2) is 20.6 Å². The molecule has 0 saturated carbocycles. The fourth-order valence-corrected chi connectivity index (χ4v) is 3.10. The number of nitrogens with one attached hydrogen (secondary N) is 2. The third kappa shape index (κ3) is 3.74. The fraction of sp³-hybridized carbons (Fsp3) is 0.250. The number of benzene rings is 1. The Balaban J connectivity index is 1.73. The molecule has 2 heterocycles. The molecule has 26 heavy (non-hydrogen) atoms. The summed E-state index contributed by atoms with van der Waals surface area (Å²) in [4.78, 5) is 21.0. The molecule has 0 radical (unpaired) electrons. The zero-order valence-electron chi connectivity index (χ0n) is 15.5. The van der Waals surface area contributed by atoms with E-state index < -0.39 is 0 Å². The molecule has 0 atom stereocenters. The van der Waals surface area contributed by atoms with Crippen LogP contribution >= 0.6 is 0 Å². The number of aromatic nitrogens is 3. The van der Waals surface area contributed by atoms with Gasteiger partial charge in [-0.3, -0.25) is 4.57 Å². The van der Waals surface area contributed by atoms with Crippen molar-refractivity contribution >= 4 is 11.7 Å². The van der Waals surface area contributed by atoms with Gasteiger partial charge in [0.1, 0.15) is 11.6 Å². The molecule has 0 aliphatic rings. The standard InChI is InChI=1S/C20H23N5O/c1-13-10-14(2)18(15(3)11-13)24-20(26)23-12-17-6-5-7-22-19(17)25-9-8-21-16(25)4/h5-11H,12H2,1-4H3,(H2,23,24,26). The van der Waals surface area contributed by atoms with Crippen LogP contribution in [0.25, 0.3) is 5.82 Å². The number of carbonyl (C=O) groups is 1. The maximum absolute atomic E-state index is 12.4. The minimum absolute atomic E-state index is 0.239. The predicted molar refractivity (Wildman–Crippen MR) is 103 cm³/mol. The second kappa shape index (κ2) is 7.39. The highest BCUT2D eigenvalue weighted by Gasteiger charge is 2.11. The van der Waals surface area contributed by atoms with Gasteiger partial charge in [-0.05, 0) is 44.9 Å². The van der Waals surface area contributed by atoms with Crippen LogP contribution in [-0.2, 0) is 6.54 Å². The highest BCUT2D eigenvalue weighted by atomic mass is 16.2. The zero-order chi connectivity index (χ0) is 18.7. The van der Waals surface area contributed by atoms with Crippen LogP contribution in [0.1, 0.15) is 28.1 Å². The van der Waals surface area contributed by atoms with Gasteiger partial charge in [0.15, 0.2) is 0 Å². The molecule has 0 bridgehead atoms. The van der Waals surface area contributed by atoms with Gasteiger partial charge in [-0.1, -0.05) is 23.8 Å². The van der Waals surface area contributed by atoms with E-state index in [9.17, 15) is 4.79 Å². The number of anilines is 1. The number of urea groups is 1. The lowest BCUT2D eigenvalue weighted by Gasteiger charge is -2.15. The van der Waals surface area contributed by atoms with E-state index in [0.29, 0.717) is 6.54 Å². The largest absolute Gasteiger partial charge is 0.334 e. The van der Waals surface area contributed by atoms with Crippen LogP contribution < -0.4 is 10.6 Å². The van der Waals surface area contributed by atoms with Crippen LogP contribution in [0.3, 0.4) is 0 Å². The third-order valence-corrected chi connectivity index (χ3v) is 4.28. The molecule has 6 nitrogen and oxygen atoms in total. The molecule has 2 aromatic heterocycles. The Labute approximate surface area is 153 Å². The highest BCUT2D eigenvalue weighted by Crippen LogP contribution is 2.21. The zero-order valence-corrected chi connectivity index (χ0v) is 15.5. The summed E-state index contributed by atoms with van der Waals surface area (Å²) in [5.41, 5.74) is 5.05. The molecule has 2 N–H and O–H groups in total. The van der Waals surface area contributed by atoms with Crippen molar-refractivity contribution in [2.75, 3.05) is 5.32 Å². The van der Waals surface area contributed by atoms with E-state index in [4.69, 9.17) is 0 Å². The number of aryl methyl sites for hydroxylation is 4. The molecule has 0 fully saturated rings. The smallest absolute Gasteiger partial charge is 0.319 e. The first kappa shape index (κ1) is 17.7. The number of hydrogen-bond acceptors (Lipinski definition) is 3. The molecule has 0 aliphatic heterocycles. The van der Waals surface area contributed by atoms with Gasteiger partial charge >= 0.3 is 6.03 Å². The Morgan fingerprint density at radius 2 is 1.81 bits per heavy atom. The molecule has 0 saturated heterocycles. The SMILES string of the molecule is Cc1cc(C)c(NC(=O)NCc2cccnc2-n2ccnc2C)c(C)c1. The van der Waals surface area contributed by atoms with E-state index in [2.05, 4.69) is 32.7 Å². The summed E-state index contributed by atoms with van der Waals surface area (Å²) in [6.07, 6.45) is 5.33. The lowest BCUT2D eigenvalue weighted by atomic mass is 10.1. The summed E-state index contributed by atoms with van der Waals surface area (Å²) >= 11 is 0. The van der Waals surface area contributed by atoms with Gasteiger partial charge in [-0.2, -0.15) is 0 Å². The molecule has 0 spiro atoms. The number of pyridine rings is 1. The average Bonchev–Trinajstić information content (AvgIpc) is 3.02. The monoisotopic (exact) mass is 349 g/mol.